The molecule has 15 heavy (non-hydrogen) atoms. The van der Waals surface area contributed by atoms with E-state index in [1.807, 2.05) is 13.1 Å². The molecule has 1 rings (SSSR count). The Balaban J connectivity index is 2.97. The average Bonchev–Trinajstić information content (AvgIpc) is 2.27. The van der Waals surface area contributed by atoms with Crippen molar-refractivity contribution in [1.29, 1.82) is 0 Å². The number of hydrogen-bond acceptors (Lipinski definition) is 2. The number of rotatable bonds is 5. The number of benzene rings is 1. The highest BCUT2D eigenvalue weighted by Crippen LogP contribution is 2.24. The van der Waals surface area contributed by atoms with Crippen molar-refractivity contribution in [3.8, 4) is 5.75 Å². The van der Waals surface area contributed by atoms with Crippen LogP contribution in [-0.4, -0.2) is 14.2 Å². The first-order chi connectivity index (χ1) is 7.22. The molecule has 0 spiro atoms. The molecule has 0 fully saturated rings. The van der Waals surface area contributed by atoms with E-state index in [0.717, 1.165) is 12.0 Å². The Morgan fingerprint density at radius 1 is 1.60 bits per heavy atom. The summed E-state index contributed by atoms with van der Waals surface area (Å²) in [5.41, 5.74) is 0.996. The van der Waals surface area contributed by atoms with Crippen LogP contribution in [0.5, 0.6) is 5.75 Å². The predicted molar refractivity (Wildman–Crippen MR) is 59.6 cm³/mol. The standard InChI is InChI=1S/C12H16FNO/c1-4-5-11(14-2)9-6-7-10(13)12(8-9)15-3/h4,6-8,11,14H,1,5H2,2-3H3. The smallest absolute Gasteiger partial charge is 0.165 e. The molecule has 0 radical (unpaired) electrons. The van der Waals surface area contributed by atoms with Gasteiger partial charge in [0.15, 0.2) is 11.6 Å². The minimum absolute atomic E-state index is 0.150. The Morgan fingerprint density at radius 3 is 2.87 bits per heavy atom. The lowest BCUT2D eigenvalue weighted by atomic mass is 10.0. The number of halogens is 1. The molecule has 0 aliphatic heterocycles. The number of methoxy groups -OCH3 is 1. The molecule has 0 saturated carbocycles. The van der Waals surface area contributed by atoms with Gasteiger partial charge in [0.1, 0.15) is 0 Å². The van der Waals surface area contributed by atoms with E-state index in [4.69, 9.17) is 4.74 Å². The van der Waals surface area contributed by atoms with Gasteiger partial charge in [0.05, 0.1) is 7.11 Å². The van der Waals surface area contributed by atoms with Crippen LogP contribution >= 0.6 is 0 Å². The summed E-state index contributed by atoms with van der Waals surface area (Å²) in [4.78, 5) is 0. The largest absolute Gasteiger partial charge is 0.494 e. The van der Waals surface area contributed by atoms with E-state index in [1.54, 1.807) is 12.1 Å². The van der Waals surface area contributed by atoms with E-state index in [-0.39, 0.29) is 17.6 Å². The first-order valence-electron chi connectivity index (χ1n) is 4.84. The molecule has 0 aliphatic carbocycles. The third-order valence-corrected chi connectivity index (χ3v) is 2.33. The van der Waals surface area contributed by atoms with E-state index in [9.17, 15) is 4.39 Å². The highest BCUT2D eigenvalue weighted by molar-refractivity contribution is 5.32. The molecule has 1 aromatic carbocycles. The number of hydrogen-bond donors (Lipinski definition) is 1. The summed E-state index contributed by atoms with van der Waals surface area (Å²) in [6.45, 7) is 3.69. The van der Waals surface area contributed by atoms with Crippen LogP contribution in [0.25, 0.3) is 0 Å². The lowest BCUT2D eigenvalue weighted by Gasteiger charge is -2.15. The zero-order valence-electron chi connectivity index (χ0n) is 9.09. The second-order valence-electron chi connectivity index (χ2n) is 3.26. The third-order valence-electron chi connectivity index (χ3n) is 2.33. The molecular formula is C12H16FNO. The van der Waals surface area contributed by atoms with Crippen LogP contribution in [0, 0.1) is 5.82 Å². The van der Waals surface area contributed by atoms with Crippen LogP contribution in [0.4, 0.5) is 4.39 Å². The van der Waals surface area contributed by atoms with Crippen molar-refractivity contribution in [3.63, 3.8) is 0 Å². The Bertz CT molecular complexity index is 338. The van der Waals surface area contributed by atoms with Crippen LogP contribution < -0.4 is 10.1 Å². The Morgan fingerprint density at radius 2 is 2.33 bits per heavy atom. The van der Waals surface area contributed by atoms with Crippen molar-refractivity contribution in [2.45, 2.75) is 12.5 Å². The minimum Gasteiger partial charge on any atom is -0.494 e. The van der Waals surface area contributed by atoms with Gasteiger partial charge >= 0.3 is 0 Å². The average molecular weight is 209 g/mol. The van der Waals surface area contributed by atoms with Crippen molar-refractivity contribution in [1.82, 2.24) is 5.32 Å². The lowest BCUT2D eigenvalue weighted by Crippen LogP contribution is -2.15. The molecule has 0 aromatic heterocycles. The molecule has 82 valence electrons. The fraction of sp³-hybridized carbons (Fsp3) is 0.333. The van der Waals surface area contributed by atoms with Crippen molar-refractivity contribution in [2.75, 3.05) is 14.2 Å². The van der Waals surface area contributed by atoms with Gasteiger partial charge in [-0.15, -0.1) is 6.58 Å². The molecule has 1 unspecified atom stereocenters. The second-order valence-corrected chi connectivity index (χ2v) is 3.26. The Labute approximate surface area is 89.8 Å². The van der Waals surface area contributed by atoms with E-state index in [1.165, 1.54) is 13.2 Å². The summed E-state index contributed by atoms with van der Waals surface area (Å²) in [6.07, 6.45) is 2.63. The molecule has 1 N–H and O–H groups in total. The van der Waals surface area contributed by atoms with Gasteiger partial charge in [-0.05, 0) is 31.2 Å². The summed E-state index contributed by atoms with van der Waals surface area (Å²) in [7, 11) is 3.33. The maximum Gasteiger partial charge on any atom is 0.165 e. The van der Waals surface area contributed by atoms with E-state index >= 15 is 0 Å². The minimum atomic E-state index is -0.338. The van der Waals surface area contributed by atoms with Crippen molar-refractivity contribution in [3.05, 3.63) is 42.2 Å². The number of nitrogens with one attached hydrogen (secondary N) is 1. The SMILES string of the molecule is C=CCC(NC)c1ccc(F)c(OC)c1. The highest BCUT2D eigenvalue weighted by atomic mass is 19.1. The molecule has 2 nitrogen and oxygen atoms in total. The van der Waals surface area contributed by atoms with Gasteiger partial charge in [-0.2, -0.15) is 0 Å². The third kappa shape index (κ3) is 2.80. The molecule has 3 heteroatoms. The van der Waals surface area contributed by atoms with Crippen molar-refractivity contribution < 1.29 is 9.13 Å². The monoisotopic (exact) mass is 209 g/mol. The summed E-state index contributed by atoms with van der Waals surface area (Å²) < 4.78 is 18.1. The summed E-state index contributed by atoms with van der Waals surface area (Å²) in [6, 6.07) is 5.03. The van der Waals surface area contributed by atoms with Gasteiger partial charge in [0, 0.05) is 6.04 Å². The summed E-state index contributed by atoms with van der Waals surface area (Å²) in [5.74, 6) is -0.0634. The maximum absolute atomic E-state index is 13.2. The van der Waals surface area contributed by atoms with E-state index in [2.05, 4.69) is 11.9 Å². The van der Waals surface area contributed by atoms with E-state index in [0.29, 0.717) is 0 Å². The van der Waals surface area contributed by atoms with Gasteiger partial charge in [-0.1, -0.05) is 12.1 Å². The summed E-state index contributed by atoms with van der Waals surface area (Å²) >= 11 is 0. The van der Waals surface area contributed by atoms with Gasteiger partial charge in [-0.3, -0.25) is 0 Å². The van der Waals surface area contributed by atoms with Gasteiger partial charge in [-0.25, -0.2) is 4.39 Å². The first kappa shape index (κ1) is 11.7. The lowest BCUT2D eigenvalue weighted by molar-refractivity contribution is 0.385. The molecule has 1 atom stereocenters. The fourth-order valence-electron chi connectivity index (χ4n) is 1.48. The second kappa shape index (κ2) is 5.51. The van der Waals surface area contributed by atoms with E-state index < -0.39 is 0 Å². The molecule has 0 heterocycles. The highest BCUT2D eigenvalue weighted by Gasteiger charge is 2.10. The Kier molecular flexibility index (Phi) is 4.31. The Hall–Kier alpha value is -1.35. The molecule has 0 bridgehead atoms. The topological polar surface area (TPSA) is 21.3 Å². The van der Waals surface area contributed by atoms with Gasteiger partial charge < -0.3 is 10.1 Å². The molecular weight excluding hydrogens is 193 g/mol. The zero-order valence-corrected chi connectivity index (χ0v) is 9.09. The van der Waals surface area contributed by atoms with Crippen LogP contribution in [0.3, 0.4) is 0 Å². The quantitative estimate of drug-likeness (QED) is 0.753. The van der Waals surface area contributed by atoms with Crippen LogP contribution in [0.1, 0.15) is 18.0 Å². The fourth-order valence-corrected chi connectivity index (χ4v) is 1.48. The molecule has 0 saturated heterocycles. The molecule has 0 aliphatic rings. The first-order valence-corrected chi connectivity index (χ1v) is 4.84. The van der Waals surface area contributed by atoms with Crippen molar-refractivity contribution in [2.24, 2.45) is 0 Å². The molecule has 0 amide bonds. The zero-order chi connectivity index (χ0) is 11.3. The van der Waals surface area contributed by atoms with Gasteiger partial charge in [0.25, 0.3) is 0 Å². The number of ether oxygens (including phenoxy) is 1. The predicted octanol–water partition coefficient (Wildman–Crippen LogP) is 2.67. The summed E-state index contributed by atoms with van der Waals surface area (Å²) in [5, 5.41) is 3.14. The maximum atomic E-state index is 13.2. The van der Waals surface area contributed by atoms with Crippen molar-refractivity contribution >= 4 is 0 Å². The van der Waals surface area contributed by atoms with Crippen LogP contribution in [0.15, 0.2) is 30.9 Å². The van der Waals surface area contributed by atoms with Crippen LogP contribution in [-0.2, 0) is 0 Å². The van der Waals surface area contributed by atoms with Gasteiger partial charge in [0.2, 0.25) is 0 Å². The normalized spacial score (nSPS) is 12.2. The molecule has 1 aromatic rings. The van der Waals surface area contributed by atoms with Crippen LogP contribution in [0.2, 0.25) is 0 Å².